The molecule has 0 aliphatic heterocycles. The van der Waals surface area contributed by atoms with Gasteiger partial charge in [-0.05, 0) is 49.2 Å². The first-order valence-electron chi connectivity index (χ1n) is 6.77. The van der Waals surface area contributed by atoms with Gasteiger partial charge in [-0.1, -0.05) is 6.92 Å². The summed E-state index contributed by atoms with van der Waals surface area (Å²) in [4.78, 5) is 4.04. The highest BCUT2D eigenvalue weighted by Crippen LogP contribution is 2.29. The SMILES string of the molecule is CCC(CO)(Nc1cc(C)cc(F)c1)c1ccc(F)cn1. The molecule has 1 aromatic carbocycles. The molecule has 2 N–H and O–H groups in total. The standard InChI is InChI=1S/C16H18F2N2O/c1-3-16(10-21,15-5-4-12(17)9-19-15)20-14-7-11(2)6-13(18)8-14/h4-9,20-21H,3,10H2,1-2H3. The number of halogens is 2. The van der Waals surface area contributed by atoms with E-state index in [1.165, 1.54) is 24.3 Å². The van der Waals surface area contributed by atoms with Crippen LogP contribution in [0.4, 0.5) is 14.5 Å². The molecule has 0 fully saturated rings. The normalized spacial score (nSPS) is 13.8. The monoisotopic (exact) mass is 292 g/mol. The van der Waals surface area contributed by atoms with Crippen LogP contribution in [0.25, 0.3) is 0 Å². The minimum absolute atomic E-state index is 0.238. The maximum absolute atomic E-state index is 13.5. The lowest BCUT2D eigenvalue weighted by atomic mass is 9.91. The molecule has 2 aromatic rings. The minimum atomic E-state index is -0.881. The molecule has 3 nitrogen and oxygen atoms in total. The molecule has 1 unspecified atom stereocenters. The van der Waals surface area contributed by atoms with Crippen molar-refractivity contribution >= 4 is 5.69 Å². The van der Waals surface area contributed by atoms with E-state index in [2.05, 4.69) is 10.3 Å². The zero-order valence-corrected chi connectivity index (χ0v) is 12.0. The van der Waals surface area contributed by atoms with Gasteiger partial charge in [0.25, 0.3) is 0 Å². The minimum Gasteiger partial charge on any atom is -0.394 e. The summed E-state index contributed by atoms with van der Waals surface area (Å²) in [5, 5.41) is 12.9. The molecular formula is C16H18F2N2O. The Balaban J connectivity index is 2.40. The second kappa shape index (κ2) is 6.18. The third kappa shape index (κ3) is 3.36. The first-order chi connectivity index (χ1) is 9.99. The first-order valence-corrected chi connectivity index (χ1v) is 6.77. The van der Waals surface area contributed by atoms with Gasteiger partial charge in [-0.15, -0.1) is 0 Å². The number of aliphatic hydroxyl groups is 1. The molecule has 0 radical (unpaired) electrons. The average molecular weight is 292 g/mol. The summed E-state index contributed by atoms with van der Waals surface area (Å²) in [7, 11) is 0. The van der Waals surface area contributed by atoms with Gasteiger partial charge in [-0.2, -0.15) is 0 Å². The molecule has 0 bridgehead atoms. The maximum atomic E-state index is 13.5. The molecule has 0 aliphatic carbocycles. The lowest BCUT2D eigenvalue weighted by molar-refractivity contribution is 0.204. The lowest BCUT2D eigenvalue weighted by Crippen LogP contribution is -2.39. The Hall–Kier alpha value is -2.01. The molecule has 0 saturated carbocycles. The number of benzene rings is 1. The summed E-state index contributed by atoms with van der Waals surface area (Å²) in [5.41, 5.74) is 0.950. The van der Waals surface area contributed by atoms with Crippen LogP contribution < -0.4 is 5.32 Å². The molecule has 2 rings (SSSR count). The number of aliphatic hydroxyl groups excluding tert-OH is 1. The molecule has 21 heavy (non-hydrogen) atoms. The topological polar surface area (TPSA) is 45.1 Å². The molecule has 112 valence electrons. The summed E-state index contributed by atoms with van der Waals surface area (Å²) in [6.07, 6.45) is 1.62. The van der Waals surface area contributed by atoms with Crippen molar-refractivity contribution in [3.05, 3.63) is 59.4 Å². The van der Waals surface area contributed by atoms with Crippen LogP contribution >= 0.6 is 0 Å². The van der Waals surface area contributed by atoms with Crippen molar-refractivity contribution in [1.29, 1.82) is 0 Å². The number of rotatable bonds is 5. The van der Waals surface area contributed by atoms with E-state index in [1.54, 1.807) is 13.0 Å². The van der Waals surface area contributed by atoms with Crippen molar-refractivity contribution in [2.24, 2.45) is 0 Å². The summed E-state index contributed by atoms with van der Waals surface area (Å²) in [6.45, 7) is 3.43. The molecule has 0 saturated heterocycles. The van der Waals surface area contributed by atoms with Crippen LogP contribution in [-0.4, -0.2) is 16.7 Å². The van der Waals surface area contributed by atoms with Crippen molar-refractivity contribution in [3.63, 3.8) is 0 Å². The fourth-order valence-electron chi connectivity index (χ4n) is 2.31. The zero-order valence-electron chi connectivity index (χ0n) is 12.0. The Morgan fingerprint density at radius 2 is 1.95 bits per heavy atom. The van der Waals surface area contributed by atoms with E-state index in [0.717, 1.165) is 11.8 Å². The largest absolute Gasteiger partial charge is 0.394 e. The number of aryl methyl sites for hydroxylation is 1. The van der Waals surface area contributed by atoms with E-state index >= 15 is 0 Å². The fourth-order valence-corrected chi connectivity index (χ4v) is 2.31. The second-order valence-electron chi connectivity index (χ2n) is 5.10. The highest BCUT2D eigenvalue weighted by atomic mass is 19.1. The van der Waals surface area contributed by atoms with E-state index < -0.39 is 11.4 Å². The van der Waals surface area contributed by atoms with Crippen molar-refractivity contribution in [3.8, 4) is 0 Å². The summed E-state index contributed by atoms with van der Waals surface area (Å²) >= 11 is 0. The van der Waals surface area contributed by atoms with E-state index in [-0.39, 0.29) is 12.4 Å². The Kier molecular flexibility index (Phi) is 4.53. The Morgan fingerprint density at radius 1 is 1.19 bits per heavy atom. The van der Waals surface area contributed by atoms with Crippen molar-refractivity contribution in [2.75, 3.05) is 11.9 Å². The molecular weight excluding hydrogens is 274 g/mol. The van der Waals surface area contributed by atoms with Crippen LogP contribution in [0.1, 0.15) is 24.6 Å². The van der Waals surface area contributed by atoms with Gasteiger partial charge in [0.15, 0.2) is 0 Å². The number of hydrogen-bond donors (Lipinski definition) is 2. The molecule has 1 heterocycles. The number of pyridine rings is 1. The Labute approximate surface area is 122 Å². The molecule has 5 heteroatoms. The molecule has 0 aliphatic rings. The van der Waals surface area contributed by atoms with Gasteiger partial charge >= 0.3 is 0 Å². The van der Waals surface area contributed by atoms with Gasteiger partial charge in [0, 0.05) is 5.69 Å². The number of anilines is 1. The van der Waals surface area contributed by atoms with Gasteiger partial charge in [0.1, 0.15) is 17.2 Å². The number of hydrogen-bond acceptors (Lipinski definition) is 3. The van der Waals surface area contributed by atoms with Crippen LogP contribution in [0.2, 0.25) is 0 Å². The quantitative estimate of drug-likeness (QED) is 0.888. The summed E-state index contributed by atoms with van der Waals surface area (Å²) < 4.78 is 26.5. The Morgan fingerprint density at radius 3 is 2.48 bits per heavy atom. The predicted molar refractivity (Wildman–Crippen MR) is 78.0 cm³/mol. The predicted octanol–water partition coefficient (Wildman–Crippen LogP) is 3.38. The van der Waals surface area contributed by atoms with E-state index in [0.29, 0.717) is 17.8 Å². The van der Waals surface area contributed by atoms with E-state index in [9.17, 15) is 13.9 Å². The van der Waals surface area contributed by atoms with E-state index in [4.69, 9.17) is 0 Å². The van der Waals surface area contributed by atoms with Crippen molar-refractivity contribution in [2.45, 2.75) is 25.8 Å². The molecule has 1 atom stereocenters. The molecule has 0 amide bonds. The second-order valence-corrected chi connectivity index (χ2v) is 5.10. The van der Waals surface area contributed by atoms with Crippen molar-refractivity contribution in [1.82, 2.24) is 4.98 Å². The third-order valence-corrected chi connectivity index (χ3v) is 3.52. The Bertz CT molecular complexity index is 590. The van der Waals surface area contributed by atoms with Crippen molar-refractivity contribution < 1.29 is 13.9 Å². The average Bonchev–Trinajstić information content (AvgIpc) is 2.45. The van der Waals surface area contributed by atoms with Crippen LogP contribution in [0, 0.1) is 18.6 Å². The highest BCUT2D eigenvalue weighted by molar-refractivity contribution is 5.49. The number of nitrogens with one attached hydrogen (secondary N) is 1. The van der Waals surface area contributed by atoms with Gasteiger partial charge in [-0.3, -0.25) is 4.98 Å². The zero-order chi connectivity index (χ0) is 15.5. The molecule has 1 aromatic heterocycles. The van der Waals surface area contributed by atoms with Crippen LogP contribution in [0.3, 0.4) is 0 Å². The highest BCUT2D eigenvalue weighted by Gasteiger charge is 2.31. The smallest absolute Gasteiger partial charge is 0.141 e. The van der Waals surface area contributed by atoms with Gasteiger partial charge in [0.05, 0.1) is 18.5 Å². The first kappa shape index (κ1) is 15.4. The summed E-state index contributed by atoms with van der Waals surface area (Å²) in [6, 6.07) is 7.38. The molecule has 0 spiro atoms. The fraction of sp³-hybridized carbons (Fsp3) is 0.312. The lowest BCUT2D eigenvalue weighted by Gasteiger charge is -2.32. The number of nitrogens with zero attached hydrogens (tertiary/aromatic N) is 1. The summed E-state index contributed by atoms with van der Waals surface area (Å²) in [5.74, 6) is -0.796. The van der Waals surface area contributed by atoms with Crippen LogP contribution in [-0.2, 0) is 5.54 Å². The van der Waals surface area contributed by atoms with Gasteiger partial charge in [0.2, 0.25) is 0 Å². The third-order valence-electron chi connectivity index (χ3n) is 3.52. The van der Waals surface area contributed by atoms with Crippen LogP contribution in [0.5, 0.6) is 0 Å². The van der Waals surface area contributed by atoms with Crippen LogP contribution in [0.15, 0.2) is 36.5 Å². The van der Waals surface area contributed by atoms with Gasteiger partial charge in [-0.25, -0.2) is 8.78 Å². The van der Waals surface area contributed by atoms with E-state index in [1.807, 2.05) is 6.92 Å². The maximum Gasteiger partial charge on any atom is 0.141 e. The van der Waals surface area contributed by atoms with Gasteiger partial charge < -0.3 is 10.4 Å². The number of aromatic nitrogens is 1.